The minimum atomic E-state index is 0.467. The van der Waals surface area contributed by atoms with E-state index in [4.69, 9.17) is 0 Å². The summed E-state index contributed by atoms with van der Waals surface area (Å²) in [6, 6.07) is 27.1. The average Bonchev–Trinajstić information content (AvgIpc) is 3.15. The van der Waals surface area contributed by atoms with Crippen molar-refractivity contribution in [3.05, 3.63) is 95.3 Å². The van der Waals surface area contributed by atoms with Crippen molar-refractivity contribution >= 4 is 23.3 Å². The van der Waals surface area contributed by atoms with E-state index in [1.165, 1.54) is 0 Å². The predicted molar refractivity (Wildman–Crippen MR) is 99.6 cm³/mol. The maximum atomic E-state index is 9.44. The number of rotatable bonds is 4. The Morgan fingerprint density at radius 3 is 1.40 bits per heavy atom. The minimum Gasteiger partial charge on any atom is -0.656 e. The molecule has 0 aliphatic heterocycles. The molecule has 1 heterocycles. The van der Waals surface area contributed by atoms with E-state index in [-0.39, 0.29) is 0 Å². The maximum absolute atomic E-state index is 9.44. The fourth-order valence-electron chi connectivity index (χ4n) is 2.42. The first-order valence-corrected chi connectivity index (χ1v) is 7.78. The van der Waals surface area contributed by atoms with Crippen LogP contribution in [0.5, 0.6) is 0 Å². The van der Waals surface area contributed by atoms with Crippen LogP contribution in [0.2, 0.25) is 0 Å². The van der Waals surface area contributed by atoms with E-state index in [0.29, 0.717) is 22.5 Å². The largest absolute Gasteiger partial charge is 0.656 e. The molecule has 3 rings (SSSR count). The van der Waals surface area contributed by atoms with Crippen LogP contribution in [0.25, 0.3) is 23.3 Å². The zero-order chi connectivity index (χ0) is 17.5. The van der Waals surface area contributed by atoms with Gasteiger partial charge in [-0.25, -0.2) is 0 Å². The lowest BCUT2D eigenvalue weighted by molar-refractivity contribution is 1.28. The van der Waals surface area contributed by atoms with Crippen molar-refractivity contribution in [1.29, 1.82) is 10.5 Å². The monoisotopic (exact) mass is 320 g/mol. The molecule has 0 radical (unpaired) electrons. The van der Waals surface area contributed by atoms with Crippen LogP contribution in [0.1, 0.15) is 22.5 Å². The van der Waals surface area contributed by atoms with Crippen molar-refractivity contribution in [1.82, 2.24) is 4.98 Å². The van der Waals surface area contributed by atoms with Gasteiger partial charge in [-0.1, -0.05) is 72.8 Å². The van der Waals surface area contributed by atoms with Crippen molar-refractivity contribution in [2.45, 2.75) is 0 Å². The predicted octanol–water partition coefficient (Wildman–Crippen LogP) is 4.77. The van der Waals surface area contributed by atoms with Gasteiger partial charge < -0.3 is 4.98 Å². The Hall–Kier alpha value is -3.82. The molecule has 118 valence electrons. The number of benzene rings is 2. The quantitative estimate of drug-likeness (QED) is 0.650. The van der Waals surface area contributed by atoms with Crippen LogP contribution in [0.3, 0.4) is 0 Å². The van der Waals surface area contributed by atoms with Gasteiger partial charge in [0.25, 0.3) is 0 Å². The van der Waals surface area contributed by atoms with Gasteiger partial charge in [0.1, 0.15) is 0 Å². The lowest BCUT2D eigenvalue weighted by Gasteiger charge is -2.09. The van der Waals surface area contributed by atoms with Crippen LogP contribution in [-0.4, -0.2) is 0 Å². The van der Waals surface area contributed by atoms with Crippen molar-refractivity contribution < 1.29 is 0 Å². The van der Waals surface area contributed by atoms with Gasteiger partial charge in [0.2, 0.25) is 0 Å². The first-order chi connectivity index (χ1) is 12.3. The van der Waals surface area contributed by atoms with E-state index in [2.05, 4.69) is 17.1 Å². The topological polar surface area (TPSA) is 61.7 Å². The molecule has 0 aliphatic rings. The standard InChI is InChI=1S/C22H14N3/c23-15-19(13-17-7-3-1-4-8-17)21-11-12-22(25-21)20(16-24)14-18-9-5-2-6-10-18/h1-14H/q-1/b19-13+,20-14+. The zero-order valence-electron chi connectivity index (χ0n) is 13.4. The molecule has 3 aromatic rings. The van der Waals surface area contributed by atoms with Gasteiger partial charge in [-0.05, 0) is 23.3 Å². The summed E-state index contributed by atoms with van der Waals surface area (Å²) in [4.78, 5) is 4.46. The van der Waals surface area contributed by atoms with Gasteiger partial charge in [-0.2, -0.15) is 10.5 Å². The molecule has 0 unspecified atom stereocenters. The van der Waals surface area contributed by atoms with Crippen LogP contribution < -0.4 is 4.98 Å². The van der Waals surface area contributed by atoms with Gasteiger partial charge in [0.15, 0.2) is 0 Å². The van der Waals surface area contributed by atoms with Gasteiger partial charge >= 0.3 is 0 Å². The highest BCUT2D eigenvalue weighted by atomic mass is 14.7. The Kier molecular flexibility index (Phi) is 4.90. The third kappa shape index (κ3) is 3.93. The lowest BCUT2D eigenvalue weighted by Crippen LogP contribution is -1.89. The van der Waals surface area contributed by atoms with Crippen molar-refractivity contribution in [3.63, 3.8) is 0 Å². The Balaban J connectivity index is 1.94. The van der Waals surface area contributed by atoms with Crippen LogP contribution in [0, 0.1) is 22.7 Å². The van der Waals surface area contributed by atoms with E-state index >= 15 is 0 Å². The molecule has 0 saturated heterocycles. The smallest absolute Gasteiger partial charge is 0.0978 e. The Labute approximate surface area is 146 Å². The zero-order valence-corrected chi connectivity index (χ0v) is 13.4. The number of hydrogen-bond acceptors (Lipinski definition) is 2. The molecule has 2 aromatic carbocycles. The summed E-state index contributed by atoms with van der Waals surface area (Å²) >= 11 is 0. The van der Waals surface area contributed by atoms with Gasteiger partial charge in [0, 0.05) is 11.1 Å². The second-order valence-corrected chi connectivity index (χ2v) is 5.38. The average molecular weight is 320 g/mol. The molecule has 0 saturated carbocycles. The van der Waals surface area contributed by atoms with Crippen LogP contribution >= 0.6 is 0 Å². The normalized spacial score (nSPS) is 11.6. The summed E-state index contributed by atoms with van der Waals surface area (Å²) in [6.45, 7) is 0. The molecule has 0 amide bonds. The van der Waals surface area contributed by atoms with Crippen LogP contribution in [0.15, 0.2) is 72.8 Å². The first kappa shape index (κ1) is 16.1. The van der Waals surface area contributed by atoms with E-state index in [9.17, 15) is 10.5 Å². The number of nitrogens with zero attached hydrogens (tertiary/aromatic N) is 3. The molecule has 25 heavy (non-hydrogen) atoms. The summed E-state index contributed by atoms with van der Waals surface area (Å²) in [5, 5.41) is 18.9. The van der Waals surface area contributed by atoms with Gasteiger partial charge in [0.05, 0.1) is 12.1 Å². The fraction of sp³-hybridized carbons (Fsp3) is 0. The molecule has 3 nitrogen and oxygen atoms in total. The van der Waals surface area contributed by atoms with E-state index in [1.54, 1.807) is 24.3 Å². The molecule has 0 N–H and O–H groups in total. The summed E-state index contributed by atoms with van der Waals surface area (Å²) < 4.78 is 0. The lowest BCUT2D eigenvalue weighted by atomic mass is 10.1. The first-order valence-electron chi connectivity index (χ1n) is 7.78. The van der Waals surface area contributed by atoms with Crippen molar-refractivity contribution in [2.75, 3.05) is 0 Å². The second-order valence-electron chi connectivity index (χ2n) is 5.38. The van der Waals surface area contributed by atoms with Gasteiger partial charge in [-0.3, -0.25) is 0 Å². The molecule has 0 spiro atoms. The summed E-state index contributed by atoms with van der Waals surface area (Å²) in [6.07, 6.45) is 3.58. The summed E-state index contributed by atoms with van der Waals surface area (Å²) in [5.41, 5.74) is 3.93. The Morgan fingerprint density at radius 2 is 1.04 bits per heavy atom. The highest BCUT2D eigenvalue weighted by molar-refractivity contribution is 5.92. The van der Waals surface area contributed by atoms with E-state index in [1.807, 2.05) is 60.7 Å². The Bertz CT molecular complexity index is 913. The third-order valence-electron chi connectivity index (χ3n) is 3.65. The molecular weight excluding hydrogens is 306 g/mol. The number of allylic oxidation sites excluding steroid dienone is 2. The fourth-order valence-corrected chi connectivity index (χ4v) is 2.42. The molecule has 1 aromatic heterocycles. The Morgan fingerprint density at radius 1 is 0.640 bits per heavy atom. The van der Waals surface area contributed by atoms with Gasteiger partial charge in [-0.15, -0.1) is 11.4 Å². The third-order valence-corrected chi connectivity index (χ3v) is 3.65. The van der Waals surface area contributed by atoms with E-state index < -0.39 is 0 Å². The SMILES string of the molecule is N#C/C(=C\c1ccccc1)c1ccc(/C(C#N)=C/c2ccccc2)[n-]1. The number of aromatic nitrogens is 1. The van der Waals surface area contributed by atoms with E-state index in [0.717, 1.165) is 11.1 Å². The number of hydrogen-bond donors (Lipinski definition) is 0. The molecule has 0 atom stereocenters. The maximum Gasteiger partial charge on any atom is 0.0978 e. The van der Waals surface area contributed by atoms with Crippen LogP contribution in [0.4, 0.5) is 0 Å². The highest BCUT2D eigenvalue weighted by Crippen LogP contribution is 2.21. The minimum absolute atomic E-state index is 0.467. The van der Waals surface area contributed by atoms with Crippen molar-refractivity contribution in [2.24, 2.45) is 0 Å². The molecule has 0 bridgehead atoms. The summed E-state index contributed by atoms with van der Waals surface area (Å²) in [5.74, 6) is 0. The van der Waals surface area contributed by atoms with Crippen LogP contribution in [-0.2, 0) is 0 Å². The molecule has 3 heteroatoms. The van der Waals surface area contributed by atoms with Crippen molar-refractivity contribution in [3.8, 4) is 12.1 Å². The molecular formula is C22H14N3-. The molecule has 0 aliphatic carbocycles. The highest BCUT2D eigenvalue weighted by Gasteiger charge is 2.00. The second kappa shape index (κ2) is 7.64. The molecule has 0 fully saturated rings. The number of nitriles is 2. The summed E-state index contributed by atoms with van der Waals surface area (Å²) in [7, 11) is 0.